The van der Waals surface area contributed by atoms with Gasteiger partial charge in [0.25, 0.3) is 0 Å². The van der Waals surface area contributed by atoms with Gasteiger partial charge in [-0.05, 0) is 0 Å². The highest BCUT2D eigenvalue weighted by Crippen LogP contribution is 2.03. The third-order valence-electron chi connectivity index (χ3n) is 2.27. The normalized spacial score (nSPS) is 12.4. The third-order valence-corrected chi connectivity index (χ3v) is 2.27. The maximum atomic E-state index is 11.2. The van der Waals surface area contributed by atoms with Crippen LogP contribution in [0.25, 0.3) is 0 Å². The predicted octanol–water partition coefficient (Wildman–Crippen LogP) is -0.428. The van der Waals surface area contributed by atoms with Gasteiger partial charge in [0, 0.05) is 32.0 Å². The predicted molar refractivity (Wildman–Crippen MR) is 57.8 cm³/mol. The first kappa shape index (κ1) is 12.7. The molecule has 0 fully saturated rings. The van der Waals surface area contributed by atoms with E-state index in [-0.39, 0.29) is 0 Å². The molecule has 1 aromatic heterocycles. The van der Waals surface area contributed by atoms with Crippen LogP contribution in [0.4, 0.5) is 0 Å². The van der Waals surface area contributed by atoms with Gasteiger partial charge in [0.05, 0.1) is 20.0 Å². The minimum atomic E-state index is -0.650. The lowest BCUT2D eigenvalue weighted by molar-refractivity contribution is -0.142. The largest absolute Gasteiger partial charge is 0.468 e. The highest BCUT2D eigenvalue weighted by molar-refractivity contribution is 5.75. The summed E-state index contributed by atoms with van der Waals surface area (Å²) in [4.78, 5) is 15.2. The lowest BCUT2D eigenvalue weighted by atomic mass is 10.2. The molecule has 0 saturated carbocycles. The van der Waals surface area contributed by atoms with Gasteiger partial charge >= 0.3 is 5.97 Å². The molecule has 0 radical (unpaired) electrons. The second-order valence-corrected chi connectivity index (χ2v) is 3.40. The monoisotopic (exact) mass is 227 g/mol. The molecule has 1 aromatic rings. The Morgan fingerprint density at radius 2 is 2.38 bits per heavy atom. The first-order valence-electron chi connectivity index (χ1n) is 5.00. The van der Waals surface area contributed by atoms with E-state index in [1.54, 1.807) is 19.6 Å². The smallest absolute Gasteiger partial charge is 0.323 e. The molecule has 16 heavy (non-hydrogen) atoms. The molecular formula is C10H17N3O3. The first-order valence-corrected chi connectivity index (χ1v) is 5.00. The molecule has 0 aromatic carbocycles. The molecule has 1 heterocycles. The Labute approximate surface area is 94.4 Å². The summed E-state index contributed by atoms with van der Waals surface area (Å²) in [6.07, 6.45) is 3.80. The van der Waals surface area contributed by atoms with Crippen molar-refractivity contribution < 1.29 is 14.3 Å². The number of methoxy groups -OCH3 is 2. The molecule has 6 nitrogen and oxygen atoms in total. The van der Waals surface area contributed by atoms with Gasteiger partial charge in [-0.15, -0.1) is 0 Å². The van der Waals surface area contributed by atoms with Crippen LogP contribution < -0.4 is 5.73 Å². The van der Waals surface area contributed by atoms with Crippen molar-refractivity contribution in [1.29, 1.82) is 0 Å². The van der Waals surface area contributed by atoms with E-state index in [4.69, 9.17) is 10.5 Å². The van der Waals surface area contributed by atoms with Crippen molar-refractivity contribution in [3.63, 3.8) is 0 Å². The van der Waals surface area contributed by atoms with Gasteiger partial charge in [-0.1, -0.05) is 0 Å². The van der Waals surface area contributed by atoms with E-state index >= 15 is 0 Å². The summed E-state index contributed by atoms with van der Waals surface area (Å²) in [6.45, 7) is 1.29. The molecule has 6 heteroatoms. The SMILES string of the molecule is COCCn1cncc1C[C@@H](N)C(=O)OC. The highest BCUT2D eigenvalue weighted by Gasteiger charge is 2.16. The Hall–Kier alpha value is -1.40. The zero-order chi connectivity index (χ0) is 12.0. The molecule has 1 atom stereocenters. The van der Waals surface area contributed by atoms with Crippen LogP contribution in [-0.4, -0.2) is 42.4 Å². The number of ether oxygens (including phenoxy) is 2. The lowest BCUT2D eigenvalue weighted by Crippen LogP contribution is -2.34. The molecule has 0 spiro atoms. The van der Waals surface area contributed by atoms with Crippen molar-refractivity contribution in [3.05, 3.63) is 18.2 Å². The molecule has 0 aliphatic rings. The average molecular weight is 227 g/mol. The number of carbonyl (C=O) groups is 1. The summed E-state index contributed by atoms with van der Waals surface area (Å²) in [6, 6.07) is -0.650. The van der Waals surface area contributed by atoms with Crippen molar-refractivity contribution in [1.82, 2.24) is 9.55 Å². The topological polar surface area (TPSA) is 79.4 Å². The van der Waals surface area contributed by atoms with Crippen molar-refractivity contribution in [3.8, 4) is 0 Å². The number of hydrogen-bond acceptors (Lipinski definition) is 5. The zero-order valence-corrected chi connectivity index (χ0v) is 9.55. The van der Waals surface area contributed by atoms with Crippen LogP contribution in [0.1, 0.15) is 5.69 Å². The molecule has 90 valence electrons. The maximum Gasteiger partial charge on any atom is 0.323 e. The Morgan fingerprint density at radius 1 is 1.62 bits per heavy atom. The number of nitrogens with zero attached hydrogens (tertiary/aromatic N) is 2. The third kappa shape index (κ3) is 3.32. The summed E-state index contributed by atoms with van der Waals surface area (Å²) < 4.78 is 11.4. The quantitative estimate of drug-likeness (QED) is 0.667. The molecule has 0 unspecified atom stereocenters. The van der Waals surface area contributed by atoms with Crippen LogP contribution in [0.2, 0.25) is 0 Å². The van der Waals surface area contributed by atoms with Crippen molar-refractivity contribution >= 4 is 5.97 Å². The van der Waals surface area contributed by atoms with E-state index in [1.165, 1.54) is 7.11 Å². The molecule has 0 aliphatic carbocycles. The number of hydrogen-bond donors (Lipinski definition) is 1. The minimum absolute atomic E-state index is 0.413. The van der Waals surface area contributed by atoms with Gasteiger partial charge in [-0.2, -0.15) is 0 Å². The maximum absolute atomic E-state index is 11.2. The van der Waals surface area contributed by atoms with Crippen molar-refractivity contribution in [2.75, 3.05) is 20.8 Å². The fourth-order valence-electron chi connectivity index (χ4n) is 1.37. The fraction of sp³-hybridized carbons (Fsp3) is 0.600. The van der Waals surface area contributed by atoms with Crippen LogP contribution in [0.3, 0.4) is 0 Å². The van der Waals surface area contributed by atoms with E-state index in [2.05, 4.69) is 9.72 Å². The van der Waals surface area contributed by atoms with Crippen LogP contribution in [0.15, 0.2) is 12.5 Å². The van der Waals surface area contributed by atoms with E-state index in [1.807, 2.05) is 4.57 Å². The Balaban J connectivity index is 2.59. The molecule has 2 N–H and O–H groups in total. The van der Waals surface area contributed by atoms with Gasteiger partial charge in [-0.25, -0.2) is 4.98 Å². The molecule has 0 saturated heterocycles. The number of carbonyl (C=O) groups excluding carboxylic acids is 1. The van der Waals surface area contributed by atoms with E-state index < -0.39 is 12.0 Å². The number of rotatable bonds is 6. The second-order valence-electron chi connectivity index (χ2n) is 3.40. The van der Waals surface area contributed by atoms with Crippen LogP contribution in [-0.2, 0) is 27.2 Å². The second kappa shape index (κ2) is 6.24. The van der Waals surface area contributed by atoms with E-state index in [9.17, 15) is 4.79 Å². The van der Waals surface area contributed by atoms with E-state index in [0.717, 1.165) is 5.69 Å². The Kier molecular flexibility index (Phi) is 4.94. The lowest BCUT2D eigenvalue weighted by Gasteiger charge is -2.11. The molecule has 0 aliphatic heterocycles. The molecular weight excluding hydrogens is 210 g/mol. The highest BCUT2D eigenvalue weighted by atomic mass is 16.5. The van der Waals surface area contributed by atoms with Crippen LogP contribution in [0.5, 0.6) is 0 Å². The summed E-state index contributed by atoms with van der Waals surface area (Å²) >= 11 is 0. The standard InChI is InChI=1S/C10H17N3O3/c1-15-4-3-13-7-12-6-8(13)5-9(11)10(14)16-2/h6-7,9H,3-5,11H2,1-2H3/t9-/m1/s1. The first-order chi connectivity index (χ1) is 7.69. The Bertz CT molecular complexity index is 338. The molecule has 1 rings (SSSR count). The molecule has 0 amide bonds. The average Bonchev–Trinajstić information content (AvgIpc) is 2.72. The molecule has 0 bridgehead atoms. The van der Waals surface area contributed by atoms with Gasteiger partial charge < -0.3 is 19.8 Å². The number of nitrogens with two attached hydrogens (primary N) is 1. The zero-order valence-electron chi connectivity index (χ0n) is 9.55. The number of aromatic nitrogens is 2. The van der Waals surface area contributed by atoms with Crippen molar-refractivity contribution in [2.24, 2.45) is 5.73 Å². The minimum Gasteiger partial charge on any atom is -0.468 e. The summed E-state index contributed by atoms with van der Waals surface area (Å²) in [5.41, 5.74) is 6.57. The van der Waals surface area contributed by atoms with Crippen LogP contribution >= 0.6 is 0 Å². The summed E-state index contributed by atoms with van der Waals surface area (Å²) in [5.74, 6) is -0.417. The van der Waals surface area contributed by atoms with E-state index in [0.29, 0.717) is 19.6 Å². The van der Waals surface area contributed by atoms with Gasteiger partial charge in [0.15, 0.2) is 0 Å². The number of esters is 1. The van der Waals surface area contributed by atoms with Gasteiger partial charge in [0.1, 0.15) is 6.04 Å². The summed E-state index contributed by atoms with van der Waals surface area (Å²) in [5, 5.41) is 0. The summed E-state index contributed by atoms with van der Waals surface area (Å²) in [7, 11) is 2.96. The van der Waals surface area contributed by atoms with Crippen LogP contribution in [0, 0.1) is 0 Å². The van der Waals surface area contributed by atoms with Gasteiger partial charge in [0.2, 0.25) is 0 Å². The van der Waals surface area contributed by atoms with Gasteiger partial charge in [-0.3, -0.25) is 4.79 Å². The number of imidazole rings is 1. The Morgan fingerprint density at radius 3 is 3.00 bits per heavy atom. The fourth-order valence-corrected chi connectivity index (χ4v) is 1.37. The van der Waals surface area contributed by atoms with Crippen molar-refractivity contribution in [2.45, 2.75) is 19.0 Å².